The SMILES string of the molecule is O=C(O)CCCN(c1ccccc1)S(=O)(=O)c1ccc(F)cc1. The van der Waals surface area contributed by atoms with Crippen molar-refractivity contribution < 1.29 is 22.7 Å². The molecule has 1 N–H and O–H groups in total. The number of carboxylic acid groups (broad SMARTS) is 1. The fourth-order valence-electron chi connectivity index (χ4n) is 2.09. The molecule has 0 radical (unpaired) electrons. The predicted molar refractivity (Wildman–Crippen MR) is 84.2 cm³/mol. The lowest BCUT2D eigenvalue weighted by Gasteiger charge is -2.24. The van der Waals surface area contributed by atoms with E-state index in [-0.39, 0.29) is 24.3 Å². The Morgan fingerprint density at radius 3 is 2.22 bits per heavy atom. The van der Waals surface area contributed by atoms with Crippen molar-refractivity contribution in [3.63, 3.8) is 0 Å². The Morgan fingerprint density at radius 1 is 1.04 bits per heavy atom. The van der Waals surface area contributed by atoms with Gasteiger partial charge < -0.3 is 5.11 Å². The second-order valence-electron chi connectivity index (χ2n) is 4.86. The van der Waals surface area contributed by atoms with Crippen molar-refractivity contribution >= 4 is 21.7 Å². The molecule has 0 saturated carbocycles. The molecule has 5 nitrogen and oxygen atoms in total. The Bertz CT molecular complexity index is 760. The fraction of sp³-hybridized carbons (Fsp3) is 0.188. The molecule has 2 aromatic carbocycles. The lowest BCUT2D eigenvalue weighted by atomic mass is 10.3. The summed E-state index contributed by atoms with van der Waals surface area (Å²) in [6, 6.07) is 12.9. The summed E-state index contributed by atoms with van der Waals surface area (Å²) in [6.45, 7) is 0.0238. The minimum atomic E-state index is -3.90. The van der Waals surface area contributed by atoms with E-state index in [2.05, 4.69) is 0 Å². The number of para-hydroxylation sites is 1. The van der Waals surface area contributed by atoms with Crippen LogP contribution in [-0.4, -0.2) is 26.0 Å². The summed E-state index contributed by atoms with van der Waals surface area (Å²) in [4.78, 5) is 10.6. The summed E-state index contributed by atoms with van der Waals surface area (Å²) in [5.41, 5.74) is 0.433. The predicted octanol–water partition coefficient (Wildman–Crippen LogP) is 2.89. The lowest BCUT2D eigenvalue weighted by molar-refractivity contribution is -0.137. The van der Waals surface area contributed by atoms with E-state index in [0.29, 0.717) is 5.69 Å². The van der Waals surface area contributed by atoms with Crippen LogP contribution in [0.1, 0.15) is 12.8 Å². The molecular weight excluding hydrogens is 321 g/mol. The monoisotopic (exact) mass is 337 g/mol. The molecule has 0 fully saturated rings. The molecule has 0 spiro atoms. The number of carboxylic acids is 1. The summed E-state index contributed by atoms with van der Waals surface area (Å²) in [7, 11) is -3.90. The van der Waals surface area contributed by atoms with Gasteiger partial charge in [-0.25, -0.2) is 12.8 Å². The molecule has 0 aliphatic rings. The van der Waals surface area contributed by atoms with E-state index in [1.165, 1.54) is 12.1 Å². The molecular formula is C16H16FNO4S. The lowest BCUT2D eigenvalue weighted by Crippen LogP contribution is -2.32. The van der Waals surface area contributed by atoms with E-state index >= 15 is 0 Å². The zero-order valence-electron chi connectivity index (χ0n) is 12.2. The van der Waals surface area contributed by atoms with Gasteiger partial charge in [0, 0.05) is 13.0 Å². The molecule has 0 aliphatic carbocycles. The standard InChI is InChI=1S/C16H16FNO4S/c17-13-8-10-15(11-9-13)23(21,22)18(12-4-7-16(19)20)14-5-2-1-3-6-14/h1-3,5-6,8-11H,4,7,12H2,(H,19,20). The third-order valence-corrected chi connectivity index (χ3v) is 5.04. The highest BCUT2D eigenvalue weighted by atomic mass is 32.2. The highest BCUT2D eigenvalue weighted by molar-refractivity contribution is 7.92. The Morgan fingerprint density at radius 2 is 1.65 bits per heavy atom. The first-order chi connectivity index (χ1) is 10.9. The van der Waals surface area contributed by atoms with Crippen molar-refractivity contribution in [2.45, 2.75) is 17.7 Å². The number of aliphatic carboxylic acids is 1. The van der Waals surface area contributed by atoms with Crippen molar-refractivity contribution in [1.82, 2.24) is 0 Å². The van der Waals surface area contributed by atoms with Crippen LogP contribution >= 0.6 is 0 Å². The second-order valence-corrected chi connectivity index (χ2v) is 6.73. The van der Waals surface area contributed by atoms with Gasteiger partial charge >= 0.3 is 5.97 Å². The Labute approximate surface area is 134 Å². The molecule has 0 amide bonds. The summed E-state index contributed by atoms with van der Waals surface area (Å²) in [5.74, 6) is -1.52. The second kappa shape index (κ2) is 7.23. The molecule has 0 aliphatic heterocycles. The van der Waals surface area contributed by atoms with E-state index in [1.807, 2.05) is 0 Å². The van der Waals surface area contributed by atoms with Crippen LogP contribution in [0.3, 0.4) is 0 Å². The smallest absolute Gasteiger partial charge is 0.303 e. The quantitative estimate of drug-likeness (QED) is 0.843. The number of anilines is 1. The van der Waals surface area contributed by atoms with Crippen molar-refractivity contribution in [3.8, 4) is 0 Å². The topological polar surface area (TPSA) is 74.7 Å². The average molecular weight is 337 g/mol. The Balaban J connectivity index is 2.35. The van der Waals surface area contributed by atoms with E-state index in [0.717, 1.165) is 16.4 Å². The summed E-state index contributed by atoms with van der Waals surface area (Å²) in [5, 5.41) is 8.74. The molecule has 122 valence electrons. The molecule has 2 aromatic rings. The Kier molecular flexibility index (Phi) is 5.33. The van der Waals surface area contributed by atoms with Crippen LogP contribution < -0.4 is 4.31 Å². The largest absolute Gasteiger partial charge is 0.481 e. The van der Waals surface area contributed by atoms with Gasteiger partial charge in [0.15, 0.2) is 0 Å². The Hall–Kier alpha value is -2.41. The summed E-state index contributed by atoms with van der Waals surface area (Å²) in [6.07, 6.45) is 0.0346. The van der Waals surface area contributed by atoms with Gasteiger partial charge in [0.25, 0.3) is 10.0 Å². The molecule has 0 bridgehead atoms. The zero-order valence-corrected chi connectivity index (χ0v) is 13.0. The summed E-state index contributed by atoms with van der Waals surface area (Å²) >= 11 is 0. The molecule has 7 heteroatoms. The molecule has 0 atom stereocenters. The highest BCUT2D eigenvalue weighted by Gasteiger charge is 2.24. The van der Waals surface area contributed by atoms with Crippen molar-refractivity contribution in [3.05, 3.63) is 60.4 Å². The van der Waals surface area contributed by atoms with Crippen LogP contribution in [-0.2, 0) is 14.8 Å². The van der Waals surface area contributed by atoms with Crippen LogP contribution in [0.15, 0.2) is 59.5 Å². The number of benzene rings is 2. The molecule has 2 rings (SSSR count). The molecule has 0 heterocycles. The fourth-order valence-corrected chi connectivity index (χ4v) is 3.59. The number of hydrogen-bond donors (Lipinski definition) is 1. The first kappa shape index (κ1) is 17.0. The van der Waals surface area contributed by atoms with Crippen LogP contribution in [0.25, 0.3) is 0 Å². The number of nitrogens with zero attached hydrogens (tertiary/aromatic N) is 1. The van der Waals surface area contributed by atoms with Gasteiger partial charge in [0.2, 0.25) is 0 Å². The third kappa shape index (κ3) is 4.29. The number of halogens is 1. The van der Waals surface area contributed by atoms with Crippen LogP contribution in [0.5, 0.6) is 0 Å². The normalized spacial score (nSPS) is 11.2. The molecule has 0 unspecified atom stereocenters. The third-order valence-electron chi connectivity index (χ3n) is 3.20. The van der Waals surface area contributed by atoms with Crippen molar-refractivity contribution in [2.75, 3.05) is 10.8 Å². The maximum Gasteiger partial charge on any atom is 0.303 e. The molecule has 23 heavy (non-hydrogen) atoms. The first-order valence-electron chi connectivity index (χ1n) is 6.96. The van der Waals surface area contributed by atoms with E-state index in [9.17, 15) is 17.6 Å². The number of rotatable bonds is 7. The minimum Gasteiger partial charge on any atom is -0.481 e. The van der Waals surface area contributed by atoms with Gasteiger partial charge in [0.1, 0.15) is 5.82 Å². The number of carbonyl (C=O) groups is 1. The van der Waals surface area contributed by atoms with E-state index in [1.54, 1.807) is 30.3 Å². The van der Waals surface area contributed by atoms with Crippen LogP contribution in [0.4, 0.5) is 10.1 Å². The minimum absolute atomic E-state index is 0.0238. The van der Waals surface area contributed by atoms with Gasteiger partial charge in [-0.2, -0.15) is 0 Å². The van der Waals surface area contributed by atoms with Gasteiger partial charge in [-0.3, -0.25) is 9.10 Å². The maximum atomic E-state index is 13.0. The number of hydrogen-bond acceptors (Lipinski definition) is 3. The average Bonchev–Trinajstić information content (AvgIpc) is 2.52. The molecule has 0 aromatic heterocycles. The van der Waals surface area contributed by atoms with Crippen molar-refractivity contribution in [2.24, 2.45) is 0 Å². The summed E-state index contributed by atoms with van der Waals surface area (Å²) < 4.78 is 39.7. The van der Waals surface area contributed by atoms with Crippen LogP contribution in [0, 0.1) is 5.82 Å². The highest BCUT2D eigenvalue weighted by Crippen LogP contribution is 2.24. The van der Waals surface area contributed by atoms with Gasteiger partial charge in [-0.15, -0.1) is 0 Å². The van der Waals surface area contributed by atoms with Gasteiger partial charge in [0.05, 0.1) is 10.6 Å². The first-order valence-corrected chi connectivity index (χ1v) is 8.40. The zero-order chi connectivity index (χ0) is 16.9. The van der Waals surface area contributed by atoms with Crippen molar-refractivity contribution in [1.29, 1.82) is 0 Å². The maximum absolute atomic E-state index is 13.0. The number of sulfonamides is 1. The van der Waals surface area contributed by atoms with E-state index in [4.69, 9.17) is 5.11 Å². The molecule has 0 saturated heterocycles. The van der Waals surface area contributed by atoms with E-state index < -0.39 is 21.8 Å². The van der Waals surface area contributed by atoms with Crippen LogP contribution in [0.2, 0.25) is 0 Å². The van der Waals surface area contributed by atoms with Gasteiger partial charge in [-0.1, -0.05) is 18.2 Å². The van der Waals surface area contributed by atoms with Gasteiger partial charge in [-0.05, 0) is 42.8 Å².